The number of barbiturate groups is 1. The molecule has 2 aliphatic rings. The third-order valence-corrected chi connectivity index (χ3v) is 6.28. The Hall–Kier alpha value is -2.57. The molecule has 1 aliphatic carbocycles. The minimum Gasteiger partial charge on any atom is -0.316 e. The number of imide groups is 2. The van der Waals surface area contributed by atoms with E-state index >= 15 is 0 Å². The molecule has 0 bridgehead atoms. The highest BCUT2D eigenvalue weighted by Crippen LogP contribution is 2.31. The molecule has 1 aliphatic heterocycles. The van der Waals surface area contributed by atoms with Gasteiger partial charge in [-0.3, -0.25) is 19.8 Å². The summed E-state index contributed by atoms with van der Waals surface area (Å²) in [5.74, 6) is -1.21. The van der Waals surface area contributed by atoms with E-state index in [1.165, 1.54) is 4.90 Å². The van der Waals surface area contributed by atoms with Crippen molar-refractivity contribution in [2.75, 3.05) is 0 Å². The first kappa shape index (κ1) is 20.7. The highest BCUT2D eigenvalue weighted by molar-refractivity contribution is 6.35. The second-order valence-electron chi connectivity index (χ2n) is 7.69. The number of halogens is 2. The summed E-state index contributed by atoms with van der Waals surface area (Å²) in [6, 6.07) is 6.33. The number of nitrogens with one attached hydrogen (secondary N) is 1. The van der Waals surface area contributed by atoms with Crippen LogP contribution in [0.1, 0.15) is 42.6 Å². The quantitative estimate of drug-likeness (QED) is 0.544. The van der Waals surface area contributed by atoms with E-state index in [9.17, 15) is 14.4 Å². The van der Waals surface area contributed by atoms with Gasteiger partial charge in [0.05, 0.1) is 10.7 Å². The van der Waals surface area contributed by atoms with E-state index in [2.05, 4.69) is 5.32 Å². The number of hydrogen-bond acceptors (Lipinski definition) is 3. The molecule has 2 fully saturated rings. The van der Waals surface area contributed by atoms with Crippen molar-refractivity contribution in [2.24, 2.45) is 0 Å². The number of nitrogens with zero attached hydrogens (tertiary/aromatic N) is 2. The van der Waals surface area contributed by atoms with Gasteiger partial charge >= 0.3 is 6.03 Å². The first-order valence-electron chi connectivity index (χ1n) is 9.83. The van der Waals surface area contributed by atoms with Gasteiger partial charge < -0.3 is 4.57 Å². The Morgan fingerprint density at radius 3 is 2.43 bits per heavy atom. The lowest BCUT2D eigenvalue weighted by Crippen LogP contribution is -2.57. The van der Waals surface area contributed by atoms with E-state index in [4.69, 9.17) is 23.2 Å². The zero-order valence-corrected chi connectivity index (χ0v) is 18.2. The average Bonchev–Trinajstić information content (AvgIpc) is 3.28. The number of urea groups is 1. The van der Waals surface area contributed by atoms with Gasteiger partial charge in [0.2, 0.25) is 0 Å². The van der Waals surface area contributed by atoms with E-state index in [0.29, 0.717) is 15.6 Å². The second-order valence-corrected chi connectivity index (χ2v) is 8.53. The van der Waals surface area contributed by atoms with Crippen LogP contribution in [0.15, 0.2) is 29.8 Å². The standard InChI is InChI=1S/C22H21Cl2N3O3/c1-12-9-14(13(2)26(12)19-8-7-15(23)11-18(19)24)10-17-20(28)25-22(30)27(21(17)29)16-5-3-4-6-16/h7-11,16H,3-6H2,1-2H3,(H,25,28,30)/b17-10+. The molecule has 0 spiro atoms. The minimum atomic E-state index is -0.673. The van der Waals surface area contributed by atoms with Crippen LogP contribution in [0, 0.1) is 13.8 Å². The van der Waals surface area contributed by atoms with Gasteiger partial charge in [-0.25, -0.2) is 4.79 Å². The molecule has 156 valence electrons. The predicted octanol–water partition coefficient (Wildman–Crippen LogP) is 4.81. The van der Waals surface area contributed by atoms with Gasteiger partial charge in [-0.1, -0.05) is 36.0 Å². The van der Waals surface area contributed by atoms with Gasteiger partial charge in [-0.2, -0.15) is 0 Å². The molecule has 6 nitrogen and oxygen atoms in total. The molecule has 1 saturated heterocycles. The third-order valence-electron chi connectivity index (χ3n) is 5.74. The maximum atomic E-state index is 13.0. The van der Waals surface area contributed by atoms with Crippen molar-refractivity contribution in [3.63, 3.8) is 0 Å². The number of hydrogen-bond donors (Lipinski definition) is 1. The molecular formula is C22H21Cl2N3O3. The molecule has 8 heteroatoms. The smallest absolute Gasteiger partial charge is 0.316 e. The Labute approximate surface area is 184 Å². The van der Waals surface area contributed by atoms with Crippen LogP contribution in [0.2, 0.25) is 10.0 Å². The maximum absolute atomic E-state index is 13.0. The highest BCUT2D eigenvalue weighted by Gasteiger charge is 2.40. The average molecular weight is 446 g/mol. The van der Waals surface area contributed by atoms with E-state index in [-0.39, 0.29) is 11.6 Å². The summed E-state index contributed by atoms with van der Waals surface area (Å²) >= 11 is 12.4. The summed E-state index contributed by atoms with van der Waals surface area (Å²) in [4.78, 5) is 39.0. The van der Waals surface area contributed by atoms with Crippen LogP contribution in [-0.4, -0.2) is 33.4 Å². The molecule has 1 saturated carbocycles. The Bertz CT molecular complexity index is 1100. The molecule has 4 amide bonds. The number of amides is 4. The van der Waals surface area contributed by atoms with Gasteiger partial charge in [0.25, 0.3) is 11.8 Å². The lowest BCUT2D eigenvalue weighted by Gasteiger charge is -2.31. The molecule has 1 aromatic carbocycles. The normalized spacial score (nSPS) is 19.1. The fourth-order valence-electron chi connectivity index (χ4n) is 4.29. The number of benzene rings is 1. The Balaban J connectivity index is 1.74. The SMILES string of the molecule is Cc1cc(/C=C2\C(=O)NC(=O)N(C3CCCC3)C2=O)c(C)n1-c1ccc(Cl)cc1Cl. The Morgan fingerprint density at radius 1 is 1.07 bits per heavy atom. The van der Waals surface area contributed by atoms with Gasteiger partial charge in [-0.15, -0.1) is 0 Å². The van der Waals surface area contributed by atoms with Crippen LogP contribution in [0.3, 0.4) is 0 Å². The monoisotopic (exact) mass is 445 g/mol. The van der Waals surface area contributed by atoms with E-state index < -0.39 is 17.8 Å². The predicted molar refractivity (Wildman–Crippen MR) is 116 cm³/mol. The second kappa shape index (κ2) is 7.93. The summed E-state index contributed by atoms with van der Waals surface area (Å²) in [5.41, 5.74) is 3.12. The molecule has 0 unspecified atom stereocenters. The minimum absolute atomic E-state index is 0.0380. The molecular weight excluding hydrogens is 425 g/mol. The van der Waals surface area contributed by atoms with E-state index in [1.54, 1.807) is 18.2 Å². The lowest BCUT2D eigenvalue weighted by atomic mass is 10.1. The van der Waals surface area contributed by atoms with Crippen molar-refractivity contribution < 1.29 is 14.4 Å². The maximum Gasteiger partial charge on any atom is 0.331 e. The first-order valence-corrected chi connectivity index (χ1v) is 10.6. The van der Waals surface area contributed by atoms with Crippen molar-refractivity contribution in [2.45, 2.75) is 45.6 Å². The molecule has 4 rings (SSSR count). The van der Waals surface area contributed by atoms with Gasteiger partial charge in [0.15, 0.2) is 0 Å². The van der Waals surface area contributed by atoms with Crippen LogP contribution in [-0.2, 0) is 9.59 Å². The molecule has 2 aromatic rings. The van der Waals surface area contributed by atoms with Crippen molar-refractivity contribution in [3.8, 4) is 5.69 Å². The third kappa shape index (κ3) is 3.55. The van der Waals surface area contributed by atoms with Crippen molar-refractivity contribution in [1.29, 1.82) is 0 Å². The molecule has 30 heavy (non-hydrogen) atoms. The summed E-state index contributed by atoms with van der Waals surface area (Å²) < 4.78 is 1.94. The first-order chi connectivity index (χ1) is 14.3. The topological polar surface area (TPSA) is 71.4 Å². The van der Waals surface area contributed by atoms with Crippen LogP contribution in [0.4, 0.5) is 4.79 Å². The largest absolute Gasteiger partial charge is 0.331 e. The van der Waals surface area contributed by atoms with Crippen molar-refractivity contribution in [1.82, 2.24) is 14.8 Å². The van der Waals surface area contributed by atoms with E-state index in [0.717, 1.165) is 42.8 Å². The number of aromatic nitrogens is 1. The molecule has 1 N–H and O–H groups in total. The summed E-state index contributed by atoms with van der Waals surface area (Å²) in [7, 11) is 0. The number of aryl methyl sites for hydroxylation is 1. The molecule has 0 atom stereocenters. The Kier molecular flexibility index (Phi) is 5.47. The van der Waals surface area contributed by atoms with Crippen molar-refractivity contribution >= 4 is 47.1 Å². The summed E-state index contributed by atoms with van der Waals surface area (Å²) in [5, 5.41) is 3.34. The molecule has 2 heterocycles. The van der Waals surface area contributed by atoms with Gasteiger partial charge in [-0.05, 0) is 62.6 Å². The summed E-state index contributed by atoms with van der Waals surface area (Å²) in [6.45, 7) is 3.80. The summed E-state index contributed by atoms with van der Waals surface area (Å²) in [6.07, 6.45) is 5.03. The van der Waals surface area contributed by atoms with E-state index in [1.807, 2.05) is 30.5 Å². The van der Waals surface area contributed by atoms with Crippen LogP contribution < -0.4 is 5.32 Å². The van der Waals surface area contributed by atoms with Crippen molar-refractivity contribution in [3.05, 3.63) is 56.8 Å². The zero-order chi connectivity index (χ0) is 21.6. The Morgan fingerprint density at radius 2 is 1.77 bits per heavy atom. The zero-order valence-electron chi connectivity index (χ0n) is 16.7. The van der Waals surface area contributed by atoms with Crippen LogP contribution >= 0.6 is 23.2 Å². The molecule has 1 aromatic heterocycles. The van der Waals surface area contributed by atoms with Gasteiger partial charge in [0, 0.05) is 22.5 Å². The number of carbonyl (C=O) groups excluding carboxylic acids is 3. The number of rotatable bonds is 3. The fourth-order valence-corrected chi connectivity index (χ4v) is 4.78. The number of carbonyl (C=O) groups is 3. The highest BCUT2D eigenvalue weighted by atomic mass is 35.5. The van der Waals surface area contributed by atoms with Gasteiger partial charge in [0.1, 0.15) is 5.57 Å². The fraction of sp³-hybridized carbons (Fsp3) is 0.318. The lowest BCUT2D eigenvalue weighted by molar-refractivity contribution is -0.131. The van der Waals surface area contributed by atoms with Crippen LogP contribution in [0.25, 0.3) is 11.8 Å². The van der Waals surface area contributed by atoms with Crippen LogP contribution in [0.5, 0.6) is 0 Å². The molecule has 0 radical (unpaired) electrons.